The van der Waals surface area contributed by atoms with Gasteiger partial charge in [-0.05, 0) is 54.9 Å². The SMILES string of the molecule is CC(C)C(=O)NCCOC(=O)C(C)(C)CC(C)(C)OCOC(C)(C)C. The fourth-order valence-electron chi connectivity index (χ4n) is 2.27. The third-order valence-electron chi connectivity index (χ3n) is 3.52. The Labute approximate surface area is 153 Å². The molecular formula is C19H37NO5. The van der Waals surface area contributed by atoms with Gasteiger partial charge in [0.15, 0.2) is 0 Å². The van der Waals surface area contributed by atoms with E-state index < -0.39 is 11.0 Å². The van der Waals surface area contributed by atoms with Gasteiger partial charge in [-0.1, -0.05) is 13.8 Å². The van der Waals surface area contributed by atoms with Crippen LogP contribution < -0.4 is 5.32 Å². The molecule has 0 atom stereocenters. The number of esters is 1. The van der Waals surface area contributed by atoms with Crippen molar-refractivity contribution in [3.63, 3.8) is 0 Å². The van der Waals surface area contributed by atoms with Crippen LogP contribution >= 0.6 is 0 Å². The summed E-state index contributed by atoms with van der Waals surface area (Å²) in [6, 6.07) is 0. The first-order valence-corrected chi connectivity index (χ1v) is 8.89. The summed E-state index contributed by atoms with van der Waals surface area (Å²) in [6.45, 7) is 17.7. The predicted molar refractivity (Wildman–Crippen MR) is 98.1 cm³/mol. The highest BCUT2D eigenvalue weighted by Crippen LogP contribution is 2.31. The summed E-state index contributed by atoms with van der Waals surface area (Å²) in [5, 5.41) is 2.72. The van der Waals surface area contributed by atoms with Gasteiger partial charge in [-0.3, -0.25) is 9.59 Å². The second-order valence-electron chi connectivity index (χ2n) is 8.92. The lowest BCUT2D eigenvalue weighted by Crippen LogP contribution is -2.39. The van der Waals surface area contributed by atoms with E-state index in [1.54, 1.807) is 0 Å². The molecular weight excluding hydrogens is 322 g/mol. The number of amides is 1. The molecule has 0 aliphatic carbocycles. The lowest BCUT2D eigenvalue weighted by Gasteiger charge is -2.34. The number of carbonyl (C=O) groups excluding carboxylic acids is 2. The zero-order valence-electron chi connectivity index (χ0n) is 17.4. The van der Waals surface area contributed by atoms with Crippen molar-refractivity contribution in [2.24, 2.45) is 11.3 Å². The van der Waals surface area contributed by atoms with Gasteiger partial charge in [-0.15, -0.1) is 0 Å². The van der Waals surface area contributed by atoms with Crippen molar-refractivity contribution in [2.45, 2.75) is 79.9 Å². The minimum absolute atomic E-state index is 0.0521. The second-order valence-corrected chi connectivity index (χ2v) is 8.92. The highest BCUT2D eigenvalue weighted by atomic mass is 16.7. The topological polar surface area (TPSA) is 73.9 Å². The van der Waals surface area contributed by atoms with Crippen LogP contribution in [-0.2, 0) is 23.8 Å². The Morgan fingerprint density at radius 1 is 0.960 bits per heavy atom. The molecule has 0 radical (unpaired) electrons. The third-order valence-corrected chi connectivity index (χ3v) is 3.52. The molecule has 0 aliphatic rings. The van der Waals surface area contributed by atoms with Crippen molar-refractivity contribution in [1.82, 2.24) is 5.32 Å². The fraction of sp³-hybridized carbons (Fsp3) is 0.895. The second kappa shape index (κ2) is 9.53. The lowest BCUT2D eigenvalue weighted by atomic mass is 9.82. The summed E-state index contributed by atoms with van der Waals surface area (Å²) in [7, 11) is 0. The van der Waals surface area contributed by atoms with Crippen LogP contribution in [0.4, 0.5) is 0 Å². The molecule has 6 nitrogen and oxygen atoms in total. The molecule has 6 heteroatoms. The molecule has 0 saturated heterocycles. The number of ether oxygens (including phenoxy) is 3. The van der Waals surface area contributed by atoms with E-state index in [4.69, 9.17) is 14.2 Å². The van der Waals surface area contributed by atoms with Crippen LogP contribution in [0.3, 0.4) is 0 Å². The van der Waals surface area contributed by atoms with Gasteiger partial charge in [0, 0.05) is 5.92 Å². The van der Waals surface area contributed by atoms with Crippen molar-refractivity contribution >= 4 is 11.9 Å². The number of nitrogens with one attached hydrogen (secondary N) is 1. The molecule has 0 aliphatic heterocycles. The monoisotopic (exact) mass is 359 g/mol. The zero-order chi connectivity index (χ0) is 19.9. The van der Waals surface area contributed by atoms with Crippen molar-refractivity contribution in [3.8, 4) is 0 Å². The van der Waals surface area contributed by atoms with E-state index in [0.717, 1.165) is 0 Å². The molecule has 1 N–H and O–H groups in total. The molecule has 0 aromatic rings. The van der Waals surface area contributed by atoms with Gasteiger partial charge in [0.1, 0.15) is 13.4 Å². The Morgan fingerprint density at radius 2 is 1.52 bits per heavy atom. The molecule has 1 amide bonds. The van der Waals surface area contributed by atoms with E-state index in [0.29, 0.717) is 13.0 Å². The average Bonchev–Trinajstić information content (AvgIpc) is 2.39. The number of rotatable bonds is 10. The summed E-state index contributed by atoms with van der Waals surface area (Å²) in [4.78, 5) is 23.8. The van der Waals surface area contributed by atoms with E-state index >= 15 is 0 Å². The first-order chi connectivity index (χ1) is 11.2. The van der Waals surface area contributed by atoms with Gasteiger partial charge < -0.3 is 19.5 Å². The molecule has 0 spiro atoms. The summed E-state index contributed by atoms with van der Waals surface area (Å²) in [6.07, 6.45) is 0.491. The molecule has 0 bridgehead atoms. The number of carbonyl (C=O) groups is 2. The van der Waals surface area contributed by atoms with Gasteiger partial charge >= 0.3 is 5.97 Å². The van der Waals surface area contributed by atoms with Crippen LogP contribution in [0.5, 0.6) is 0 Å². The fourth-order valence-corrected chi connectivity index (χ4v) is 2.27. The van der Waals surface area contributed by atoms with Gasteiger partial charge in [0.2, 0.25) is 5.91 Å². The predicted octanol–water partition coefficient (Wildman–Crippen LogP) is 3.29. The lowest BCUT2D eigenvalue weighted by molar-refractivity contribution is -0.184. The first-order valence-electron chi connectivity index (χ1n) is 8.89. The van der Waals surface area contributed by atoms with Gasteiger partial charge in [0.25, 0.3) is 0 Å². The molecule has 0 fully saturated rings. The standard InChI is InChI=1S/C19H37NO5/c1-14(2)15(21)20-10-11-23-16(22)18(6,7)12-19(8,9)25-13-24-17(3,4)5/h14H,10-13H2,1-9H3,(H,20,21). The molecule has 25 heavy (non-hydrogen) atoms. The Hall–Kier alpha value is -1.14. The molecule has 0 saturated carbocycles. The van der Waals surface area contributed by atoms with E-state index in [1.807, 2.05) is 62.3 Å². The highest BCUT2D eigenvalue weighted by Gasteiger charge is 2.37. The maximum atomic E-state index is 12.3. The summed E-state index contributed by atoms with van der Waals surface area (Å²) in [5.41, 5.74) is -1.50. The number of hydrogen-bond donors (Lipinski definition) is 1. The molecule has 0 rings (SSSR count). The molecule has 0 unspecified atom stereocenters. The maximum absolute atomic E-state index is 12.3. The third kappa shape index (κ3) is 11.2. The van der Waals surface area contributed by atoms with E-state index in [-0.39, 0.29) is 36.8 Å². The Bertz CT molecular complexity index is 436. The van der Waals surface area contributed by atoms with Crippen LogP contribution in [0.15, 0.2) is 0 Å². The maximum Gasteiger partial charge on any atom is 0.311 e. The Morgan fingerprint density at radius 3 is 2.00 bits per heavy atom. The average molecular weight is 360 g/mol. The van der Waals surface area contributed by atoms with E-state index in [2.05, 4.69) is 5.32 Å². The van der Waals surface area contributed by atoms with Crippen molar-refractivity contribution < 1.29 is 23.8 Å². The first kappa shape index (κ1) is 23.9. The van der Waals surface area contributed by atoms with Crippen LogP contribution in [0, 0.1) is 11.3 Å². The van der Waals surface area contributed by atoms with Gasteiger partial charge in [0.05, 0.1) is 23.2 Å². The van der Waals surface area contributed by atoms with Gasteiger partial charge in [-0.2, -0.15) is 0 Å². The molecule has 0 aromatic carbocycles. The van der Waals surface area contributed by atoms with E-state index in [9.17, 15) is 9.59 Å². The summed E-state index contributed by atoms with van der Waals surface area (Å²) < 4.78 is 16.7. The van der Waals surface area contributed by atoms with Crippen molar-refractivity contribution in [3.05, 3.63) is 0 Å². The highest BCUT2D eigenvalue weighted by molar-refractivity contribution is 5.78. The quantitative estimate of drug-likeness (QED) is 0.368. The molecule has 0 heterocycles. The summed E-state index contributed by atoms with van der Waals surface area (Å²) in [5.74, 6) is -0.441. The van der Waals surface area contributed by atoms with Gasteiger partial charge in [-0.25, -0.2) is 0 Å². The Kier molecular flexibility index (Phi) is 9.09. The largest absolute Gasteiger partial charge is 0.463 e. The summed E-state index contributed by atoms with van der Waals surface area (Å²) >= 11 is 0. The van der Waals surface area contributed by atoms with Crippen molar-refractivity contribution in [1.29, 1.82) is 0 Å². The minimum atomic E-state index is -0.701. The smallest absolute Gasteiger partial charge is 0.311 e. The van der Waals surface area contributed by atoms with Crippen LogP contribution in [-0.4, -0.2) is 43.0 Å². The van der Waals surface area contributed by atoms with Crippen LogP contribution in [0.2, 0.25) is 0 Å². The molecule has 148 valence electrons. The number of hydrogen-bond acceptors (Lipinski definition) is 5. The normalized spacial score (nSPS) is 13.0. The minimum Gasteiger partial charge on any atom is -0.463 e. The van der Waals surface area contributed by atoms with Crippen LogP contribution in [0.1, 0.15) is 68.7 Å². The Balaban J connectivity index is 4.34. The van der Waals surface area contributed by atoms with E-state index in [1.165, 1.54) is 0 Å². The molecule has 0 aromatic heterocycles. The van der Waals surface area contributed by atoms with Crippen molar-refractivity contribution in [2.75, 3.05) is 19.9 Å². The zero-order valence-corrected chi connectivity index (χ0v) is 17.4. The van der Waals surface area contributed by atoms with Crippen LogP contribution in [0.25, 0.3) is 0 Å².